The zero-order valence-corrected chi connectivity index (χ0v) is 13.6. The van der Waals surface area contributed by atoms with E-state index in [9.17, 15) is 5.11 Å². The molecule has 0 aromatic rings. The average molecular weight is 270 g/mol. The maximum atomic E-state index is 9.91. The van der Waals surface area contributed by atoms with Gasteiger partial charge >= 0.3 is 0 Å². The highest BCUT2D eigenvalue weighted by molar-refractivity contribution is 4.86. The fourth-order valence-electron chi connectivity index (χ4n) is 2.74. The summed E-state index contributed by atoms with van der Waals surface area (Å²) in [4.78, 5) is 2.53. The smallest absolute Gasteiger partial charge is 0.0553 e. The molecule has 1 aliphatic heterocycles. The minimum Gasteiger partial charge on any atom is -0.393 e. The Morgan fingerprint density at radius 2 is 2.00 bits per heavy atom. The molecule has 1 aliphatic rings. The Balaban J connectivity index is 2.49. The number of aliphatic hydroxyl groups is 1. The highest BCUT2D eigenvalue weighted by Gasteiger charge is 2.29. The van der Waals surface area contributed by atoms with Crippen LogP contribution in [0.1, 0.15) is 53.9 Å². The van der Waals surface area contributed by atoms with Gasteiger partial charge in [0, 0.05) is 25.7 Å². The molecule has 1 saturated heterocycles. The number of hydrogen-bond acceptors (Lipinski definition) is 3. The van der Waals surface area contributed by atoms with Crippen LogP contribution in [0.3, 0.4) is 0 Å². The molecule has 0 bridgehead atoms. The van der Waals surface area contributed by atoms with E-state index in [0.717, 1.165) is 26.1 Å². The lowest BCUT2D eigenvalue weighted by Gasteiger charge is -2.40. The number of unbranched alkanes of at least 4 members (excludes halogenated alkanes) is 1. The van der Waals surface area contributed by atoms with Crippen LogP contribution < -0.4 is 5.32 Å². The highest BCUT2D eigenvalue weighted by Crippen LogP contribution is 2.21. The van der Waals surface area contributed by atoms with Gasteiger partial charge in [0.25, 0.3) is 0 Å². The fourth-order valence-corrected chi connectivity index (χ4v) is 2.74. The van der Waals surface area contributed by atoms with Gasteiger partial charge in [0.2, 0.25) is 0 Å². The van der Waals surface area contributed by atoms with Crippen molar-refractivity contribution in [3.63, 3.8) is 0 Å². The predicted octanol–water partition coefficient (Wildman–Crippen LogP) is 2.49. The second-order valence-electron chi connectivity index (χ2n) is 7.49. The van der Waals surface area contributed by atoms with Crippen molar-refractivity contribution in [1.82, 2.24) is 10.2 Å². The summed E-state index contributed by atoms with van der Waals surface area (Å²) < 4.78 is 0. The van der Waals surface area contributed by atoms with Crippen molar-refractivity contribution in [2.75, 3.05) is 26.2 Å². The predicted molar refractivity (Wildman–Crippen MR) is 82.4 cm³/mol. The largest absolute Gasteiger partial charge is 0.393 e. The van der Waals surface area contributed by atoms with Crippen LogP contribution >= 0.6 is 0 Å². The number of rotatable bonds is 6. The van der Waals surface area contributed by atoms with Crippen molar-refractivity contribution in [3.05, 3.63) is 0 Å². The third-order valence-corrected chi connectivity index (χ3v) is 3.99. The molecule has 3 atom stereocenters. The number of aliphatic hydroxyl groups excluding tert-OH is 1. The number of nitrogens with one attached hydrogen (secondary N) is 1. The van der Waals surface area contributed by atoms with Gasteiger partial charge in [-0.15, -0.1) is 0 Å². The van der Waals surface area contributed by atoms with Crippen molar-refractivity contribution >= 4 is 0 Å². The molecule has 3 unspecified atom stereocenters. The number of likely N-dealkylation sites (tertiary alicyclic amines) is 1. The minimum atomic E-state index is -0.191. The van der Waals surface area contributed by atoms with Crippen molar-refractivity contribution in [1.29, 1.82) is 0 Å². The molecule has 19 heavy (non-hydrogen) atoms. The van der Waals surface area contributed by atoms with Crippen LogP contribution in [0.25, 0.3) is 0 Å². The monoisotopic (exact) mass is 270 g/mol. The first-order valence-electron chi connectivity index (χ1n) is 7.95. The molecule has 1 heterocycles. The van der Waals surface area contributed by atoms with E-state index in [0.29, 0.717) is 17.4 Å². The lowest BCUT2D eigenvalue weighted by atomic mass is 9.89. The summed E-state index contributed by atoms with van der Waals surface area (Å²) in [6.45, 7) is 15.4. The van der Waals surface area contributed by atoms with E-state index >= 15 is 0 Å². The molecule has 0 radical (unpaired) electrons. The molecule has 0 spiro atoms. The topological polar surface area (TPSA) is 35.5 Å². The number of hydrogen-bond donors (Lipinski definition) is 2. The van der Waals surface area contributed by atoms with E-state index < -0.39 is 0 Å². The molecule has 0 saturated carbocycles. The Kier molecular flexibility index (Phi) is 6.78. The molecule has 3 heteroatoms. The van der Waals surface area contributed by atoms with Crippen LogP contribution in [0.4, 0.5) is 0 Å². The van der Waals surface area contributed by atoms with Crippen LogP contribution in [0, 0.1) is 11.3 Å². The van der Waals surface area contributed by atoms with Crippen LogP contribution in [0.5, 0.6) is 0 Å². The Hall–Kier alpha value is -0.120. The van der Waals surface area contributed by atoms with Crippen molar-refractivity contribution in [2.24, 2.45) is 11.3 Å². The summed E-state index contributed by atoms with van der Waals surface area (Å²) in [5.41, 5.74) is 0.325. The number of nitrogens with zero attached hydrogens (tertiary/aromatic N) is 1. The van der Waals surface area contributed by atoms with Gasteiger partial charge in [-0.1, -0.05) is 34.1 Å². The molecule has 1 fully saturated rings. The molecule has 2 N–H and O–H groups in total. The van der Waals surface area contributed by atoms with Crippen LogP contribution in [-0.4, -0.2) is 48.3 Å². The quantitative estimate of drug-likeness (QED) is 0.778. The third kappa shape index (κ3) is 6.73. The first-order chi connectivity index (χ1) is 8.81. The second-order valence-corrected chi connectivity index (χ2v) is 7.49. The summed E-state index contributed by atoms with van der Waals surface area (Å²) in [7, 11) is 0. The summed E-state index contributed by atoms with van der Waals surface area (Å²) in [6, 6.07) is 0.532. The maximum Gasteiger partial charge on any atom is 0.0553 e. The summed E-state index contributed by atoms with van der Waals surface area (Å²) in [6.07, 6.45) is 3.42. The van der Waals surface area contributed by atoms with E-state index in [2.05, 4.69) is 37.9 Å². The molecule has 1 rings (SSSR count). The Bertz CT molecular complexity index is 248. The van der Waals surface area contributed by atoms with E-state index in [1.165, 1.54) is 19.4 Å². The maximum absolute atomic E-state index is 9.91. The van der Waals surface area contributed by atoms with Gasteiger partial charge < -0.3 is 15.3 Å². The van der Waals surface area contributed by atoms with Crippen molar-refractivity contribution in [3.8, 4) is 0 Å². The SMILES string of the molecule is CCCCN1CC(NCC(C)(C)C)CC(C(C)O)C1. The summed E-state index contributed by atoms with van der Waals surface area (Å²) in [5, 5.41) is 13.6. The minimum absolute atomic E-state index is 0.191. The van der Waals surface area contributed by atoms with Gasteiger partial charge in [-0.2, -0.15) is 0 Å². The van der Waals surface area contributed by atoms with Gasteiger partial charge in [-0.25, -0.2) is 0 Å². The first-order valence-corrected chi connectivity index (χ1v) is 7.95. The Morgan fingerprint density at radius 3 is 2.53 bits per heavy atom. The van der Waals surface area contributed by atoms with Gasteiger partial charge in [-0.05, 0) is 37.6 Å². The zero-order chi connectivity index (χ0) is 14.5. The number of piperidine rings is 1. The molecule has 3 nitrogen and oxygen atoms in total. The third-order valence-electron chi connectivity index (χ3n) is 3.99. The molecular formula is C16H34N2O. The van der Waals surface area contributed by atoms with E-state index in [4.69, 9.17) is 0 Å². The van der Waals surface area contributed by atoms with E-state index in [-0.39, 0.29) is 6.10 Å². The average Bonchev–Trinajstić information content (AvgIpc) is 2.32. The second kappa shape index (κ2) is 7.61. The molecule has 0 amide bonds. The highest BCUT2D eigenvalue weighted by atomic mass is 16.3. The normalized spacial score (nSPS) is 27.5. The lowest BCUT2D eigenvalue weighted by molar-refractivity contribution is 0.0460. The molecule has 0 aliphatic carbocycles. The Labute approximate surface area is 119 Å². The molecule has 0 aromatic heterocycles. The zero-order valence-electron chi connectivity index (χ0n) is 13.6. The summed E-state index contributed by atoms with van der Waals surface area (Å²) in [5.74, 6) is 0.420. The van der Waals surface area contributed by atoms with Crippen molar-refractivity contribution < 1.29 is 5.11 Å². The van der Waals surface area contributed by atoms with Crippen LogP contribution in [0.2, 0.25) is 0 Å². The van der Waals surface area contributed by atoms with Gasteiger partial charge in [0.05, 0.1) is 6.10 Å². The van der Waals surface area contributed by atoms with Crippen molar-refractivity contribution in [2.45, 2.75) is 66.0 Å². The Morgan fingerprint density at radius 1 is 1.32 bits per heavy atom. The molecule has 114 valence electrons. The van der Waals surface area contributed by atoms with Crippen LogP contribution in [0.15, 0.2) is 0 Å². The van der Waals surface area contributed by atoms with E-state index in [1.54, 1.807) is 0 Å². The van der Waals surface area contributed by atoms with Crippen LogP contribution in [-0.2, 0) is 0 Å². The van der Waals surface area contributed by atoms with E-state index in [1.807, 2.05) is 6.92 Å². The van der Waals surface area contributed by atoms with Gasteiger partial charge in [0.1, 0.15) is 0 Å². The first kappa shape index (κ1) is 16.9. The molecular weight excluding hydrogens is 236 g/mol. The van der Waals surface area contributed by atoms with Gasteiger partial charge in [0.15, 0.2) is 0 Å². The standard InChI is InChI=1S/C16H34N2O/c1-6-7-8-18-10-14(13(2)19)9-15(11-18)17-12-16(3,4)5/h13-15,17,19H,6-12H2,1-5H3. The summed E-state index contributed by atoms with van der Waals surface area (Å²) >= 11 is 0. The lowest BCUT2D eigenvalue weighted by Crippen LogP contribution is -2.52. The molecule has 0 aromatic carbocycles. The fraction of sp³-hybridized carbons (Fsp3) is 1.00. The van der Waals surface area contributed by atoms with Gasteiger partial charge in [-0.3, -0.25) is 0 Å².